The zero-order valence-electron chi connectivity index (χ0n) is 15.1. The van der Waals surface area contributed by atoms with Crippen molar-refractivity contribution in [2.45, 2.75) is 11.8 Å². The van der Waals surface area contributed by atoms with E-state index < -0.39 is 0 Å². The van der Waals surface area contributed by atoms with Crippen LogP contribution >= 0.6 is 10.7 Å². The van der Waals surface area contributed by atoms with Crippen molar-refractivity contribution in [1.82, 2.24) is 14.1 Å². The average molecular weight is 362 g/mol. The highest BCUT2D eigenvalue weighted by molar-refractivity contribution is 8.13. The zero-order chi connectivity index (χ0) is 18.4. The summed E-state index contributed by atoms with van der Waals surface area (Å²) in [6.07, 6.45) is 1.26. The Hall–Kier alpha value is -2.12. The number of nitrogens with one attached hydrogen (secondary N) is 1. The van der Waals surface area contributed by atoms with E-state index in [0.29, 0.717) is 0 Å². The number of hydrogen-bond donors (Lipinski definition) is 1. The van der Waals surface area contributed by atoms with Crippen molar-refractivity contribution >= 4 is 33.7 Å². The van der Waals surface area contributed by atoms with Gasteiger partial charge >= 0.3 is 6.03 Å². The van der Waals surface area contributed by atoms with Gasteiger partial charge in [0.2, 0.25) is 5.91 Å². The topological polar surface area (TPSA) is 55.9 Å². The summed E-state index contributed by atoms with van der Waals surface area (Å²) in [5, 5.41) is 4.95. The molecule has 1 fully saturated rings. The van der Waals surface area contributed by atoms with Crippen molar-refractivity contribution in [3.05, 3.63) is 36.9 Å². The summed E-state index contributed by atoms with van der Waals surface area (Å²) >= 11 is 0. The van der Waals surface area contributed by atoms with Crippen molar-refractivity contribution in [2.75, 3.05) is 45.6 Å². The maximum Gasteiger partial charge on any atom is 0.319 e. The molecule has 3 amide bonds. The number of amides is 3. The van der Waals surface area contributed by atoms with Gasteiger partial charge in [0, 0.05) is 50.9 Å². The first-order chi connectivity index (χ1) is 12.0. The largest absolute Gasteiger partial charge is 0.331 e. The number of anilines is 1. The number of piperazine rings is 1. The molecule has 1 N–H and O–H groups in total. The molecular formula is C18H26N4O2S. The first-order valence-corrected chi connectivity index (χ1v) is 9.48. The van der Waals surface area contributed by atoms with Crippen LogP contribution in [0, 0.1) is 0 Å². The fourth-order valence-electron chi connectivity index (χ4n) is 2.66. The first-order valence-electron chi connectivity index (χ1n) is 8.23. The second-order valence-electron chi connectivity index (χ2n) is 5.86. The minimum Gasteiger partial charge on any atom is -0.331 e. The highest BCUT2D eigenvalue weighted by atomic mass is 32.2. The molecule has 25 heavy (non-hydrogen) atoms. The van der Waals surface area contributed by atoms with Crippen molar-refractivity contribution < 1.29 is 9.59 Å². The number of urea groups is 1. The van der Waals surface area contributed by atoms with Crippen LogP contribution in [0.5, 0.6) is 0 Å². The molecule has 1 aromatic carbocycles. The molecule has 0 radical (unpaired) electrons. The van der Waals surface area contributed by atoms with Gasteiger partial charge in [0.05, 0.1) is 0 Å². The van der Waals surface area contributed by atoms with E-state index >= 15 is 0 Å². The number of carbonyl (C=O) groups excluding carboxylic acids is 2. The van der Waals surface area contributed by atoms with Gasteiger partial charge in [0.25, 0.3) is 0 Å². The summed E-state index contributed by atoms with van der Waals surface area (Å²) in [5.41, 5.74) is 0.759. The Bertz CT molecular complexity index is 662. The lowest BCUT2D eigenvalue weighted by Gasteiger charge is -2.37. The van der Waals surface area contributed by atoms with Crippen molar-refractivity contribution in [3.63, 3.8) is 0 Å². The summed E-state index contributed by atoms with van der Waals surface area (Å²) < 4.78 is 2.40. The summed E-state index contributed by atoms with van der Waals surface area (Å²) in [6, 6.07) is 7.97. The molecule has 0 saturated carbocycles. The van der Waals surface area contributed by atoms with Crippen molar-refractivity contribution in [1.29, 1.82) is 0 Å². The Labute approximate surface area is 152 Å². The summed E-state index contributed by atoms with van der Waals surface area (Å²) in [4.78, 5) is 28.1. The number of carbonyl (C=O) groups is 2. The molecule has 1 atom stereocenters. The van der Waals surface area contributed by atoms with Crippen molar-refractivity contribution in [2.24, 2.45) is 0 Å². The van der Waals surface area contributed by atoms with Crippen LogP contribution in [0.15, 0.2) is 41.8 Å². The fourth-order valence-corrected chi connectivity index (χ4v) is 4.50. The fraction of sp³-hybridized carbons (Fsp3) is 0.389. The number of nitrogens with zero attached hydrogens (tertiary/aromatic N) is 3. The van der Waals surface area contributed by atoms with Crippen LogP contribution in [-0.4, -0.2) is 71.7 Å². The highest BCUT2D eigenvalue weighted by Crippen LogP contribution is 2.32. The molecule has 0 aliphatic carbocycles. The van der Waals surface area contributed by atoms with Crippen LogP contribution in [0.25, 0.3) is 0 Å². The summed E-state index contributed by atoms with van der Waals surface area (Å²) in [7, 11) is 3.45. The van der Waals surface area contributed by atoms with Gasteiger partial charge in [-0.1, -0.05) is 17.2 Å². The molecular weight excluding hydrogens is 336 g/mol. The third-order valence-electron chi connectivity index (χ3n) is 3.94. The molecule has 1 aliphatic heterocycles. The number of benzene rings is 1. The van der Waals surface area contributed by atoms with E-state index in [9.17, 15) is 9.59 Å². The van der Waals surface area contributed by atoms with Crippen molar-refractivity contribution in [3.8, 4) is 0 Å². The maximum atomic E-state index is 12.1. The number of hydrogen-bond acceptors (Lipinski definition) is 3. The smallest absolute Gasteiger partial charge is 0.319 e. The van der Waals surface area contributed by atoms with E-state index in [2.05, 4.69) is 28.5 Å². The number of rotatable bonds is 4. The molecule has 1 heterocycles. The Kier molecular flexibility index (Phi) is 6.78. The van der Waals surface area contributed by atoms with E-state index in [1.54, 1.807) is 19.0 Å². The van der Waals surface area contributed by atoms with E-state index in [1.165, 1.54) is 11.0 Å². The maximum absolute atomic E-state index is 12.1. The Morgan fingerprint density at radius 3 is 2.24 bits per heavy atom. The Morgan fingerprint density at radius 2 is 1.76 bits per heavy atom. The lowest BCUT2D eigenvalue weighted by Crippen LogP contribution is -2.50. The van der Waals surface area contributed by atoms with Crippen LogP contribution in [-0.2, 0) is 4.79 Å². The van der Waals surface area contributed by atoms with Gasteiger partial charge in [0.1, 0.15) is 0 Å². The minimum absolute atomic E-state index is 0.0716. The highest BCUT2D eigenvalue weighted by Gasteiger charge is 2.23. The molecule has 1 saturated heterocycles. The summed E-state index contributed by atoms with van der Waals surface area (Å²) in [6.45, 7) is 8.69. The third-order valence-corrected chi connectivity index (χ3v) is 6.07. The molecule has 0 spiro atoms. The van der Waals surface area contributed by atoms with Gasteiger partial charge in [-0.15, -0.1) is 0 Å². The minimum atomic E-state index is -0.213. The first kappa shape index (κ1) is 19.2. The van der Waals surface area contributed by atoms with E-state index in [1.807, 2.05) is 29.2 Å². The molecule has 1 unspecified atom stereocenters. The lowest BCUT2D eigenvalue weighted by atomic mass is 10.3. The third kappa shape index (κ3) is 4.93. The van der Waals surface area contributed by atoms with Gasteiger partial charge in [-0.3, -0.25) is 4.79 Å². The second-order valence-corrected chi connectivity index (χ2v) is 7.95. The molecule has 6 nitrogen and oxygen atoms in total. The van der Waals surface area contributed by atoms with Gasteiger partial charge in [0.15, 0.2) is 0 Å². The van der Waals surface area contributed by atoms with E-state index in [4.69, 9.17) is 0 Å². The van der Waals surface area contributed by atoms with Crippen LogP contribution < -0.4 is 5.32 Å². The van der Waals surface area contributed by atoms with Gasteiger partial charge < -0.3 is 15.1 Å². The standard InChI is InChI=1S/C18H26N4O2S/c1-5-17(23)19-15-7-9-16(10-8-15)25(6-2)22-13-11-21(12-14-22)18(24)20(3)4/h5-10H,1,11-14H2,2-4H3,(H,19,23). The summed E-state index contributed by atoms with van der Waals surface area (Å²) in [5.74, 6) is -0.213. The molecule has 136 valence electrons. The van der Waals surface area contributed by atoms with Crippen LogP contribution in [0.3, 0.4) is 0 Å². The lowest BCUT2D eigenvalue weighted by molar-refractivity contribution is -0.111. The molecule has 0 aromatic heterocycles. The molecule has 7 heteroatoms. The van der Waals surface area contributed by atoms with Crippen LogP contribution in [0.4, 0.5) is 10.5 Å². The average Bonchev–Trinajstić information content (AvgIpc) is 2.63. The molecule has 1 aliphatic rings. The normalized spacial score (nSPS) is 16.4. The van der Waals surface area contributed by atoms with Gasteiger partial charge in [-0.25, -0.2) is 9.10 Å². The van der Waals surface area contributed by atoms with E-state index in [-0.39, 0.29) is 22.6 Å². The van der Waals surface area contributed by atoms with Gasteiger partial charge in [-0.05, 0) is 42.6 Å². The quantitative estimate of drug-likeness (QED) is 0.661. The Morgan fingerprint density at radius 1 is 1.16 bits per heavy atom. The second kappa shape index (κ2) is 8.82. The Balaban J connectivity index is 2.02. The van der Waals surface area contributed by atoms with Crippen LogP contribution in [0.2, 0.25) is 0 Å². The van der Waals surface area contributed by atoms with E-state index in [0.717, 1.165) is 31.9 Å². The molecule has 2 rings (SSSR count). The van der Waals surface area contributed by atoms with Gasteiger partial charge in [-0.2, -0.15) is 0 Å². The predicted molar refractivity (Wildman–Crippen MR) is 105 cm³/mol. The predicted octanol–water partition coefficient (Wildman–Crippen LogP) is 2.48. The monoisotopic (exact) mass is 362 g/mol. The SMILES string of the molecule is C=CC(=O)Nc1ccc(S(=CC)N2CCN(C(=O)N(C)C)CC2)cc1. The van der Waals surface area contributed by atoms with Crippen LogP contribution in [0.1, 0.15) is 6.92 Å². The molecule has 1 aromatic rings. The molecule has 0 bridgehead atoms. The zero-order valence-corrected chi connectivity index (χ0v) is 15.9.